The van der Waals surface area contributed by atoms with Gasteiger partial charge in [-0.2, -0.15) is 0 Å². The number of carboxylic acid groups (broad SMARTS) is 1. The predicted molar refractivity (Wildman–Crippen MR) is 121 cm³/mol. The van der Waals surface area contributed by atoms with Gasteiger partial charge in [-0.15, -0.1) is 0 Å². The van der Waals surface area contributed by atoms with Crippen molar-refractivity contribution in [3.63, 3.8) is 0 Å². The molecule has 2 aromatic rings. The molecule has 4 rings (SSSR count). The van der Waals surface area contributed by atoms with Crippen LogP contribution in [0, 0.1) is 5.92 Å². The normalized spacial score (nSPS) is 19.5. The molecule has 0 radical (unpaired) electrons. The maximum Gasteiger partial charge on any atom is 0.407 e. The van der Waals surface area contributed by atoms with Crippen LogP contribution in [0.4, 0.5) is 4.79 Å². The quantitative estimate of drug-likeness (QED) is 0.539. The van der Waals surface area contributed by atoms with Crippen molar-refractivity contribution in [2.45, 2.75) is 37.3 Å². The number of fused-ring (bicyclic) bond motifs is 3. The van der Waals surface area contributed by atoms with Gasteiger partial charge in [-0.05, 0) is 41.0 Å². The summed E-state index contributed by atoms with van der Waals surface area (Å²) in [7, 11) is 1.45. The van der Waals surface area contributed by atoms with E-state index in [1.165, 1.54) is 7.11 Å². The number of benzene rings is 2. The smallest absolute Gasteiger partial charge is 0.407 e. The van der Waals surface area contributed by atoms with Crippen LogP contribution in [0.2, 0.25) is 0 Å². The van der Waals surface area contributed by atoms with Gasteiger partial charge in [-0.3, -0.25) is 9.59 Å². The summed E-state index contributed by atoms with van der Waals surface area (Å²) in [5.41, 5.74) is 4.50. The van der Waals surface area contributed by atoms with Gasteiger partial charge in [-0.25, -0.2) is 4.79 Å². The van der Waals surface area contributed by atoms with Crippen molar-refractivity contribution < 1.29 is 29.0 Å². The molecule has 0 heterocycles. The van der Waals surface area contributed by atoms with Crippen LogP contribution in [0.3, 0.4) is 0 Å². The van der Waals surface area contributed by atoms with Crippen molar-refractivity contribution in [1.82, 2.24) is 10.6 Å². The summed E-state index contributed by atoms with van der Waals surface area (Å²) in [5.74, 6) is -1.20. The molecule has 0 bridgehead atoms. The Morgan fingerprint density at radius 1 is 1.03 bits per heavy atom. The number of rotatable bonds is 9. The zero-order chi connectivity index (χ0) is 23.4. The summed E-state index contributed by atoms with van der Waals surface area (Å²) >= 11 is 0. The van der Waals surface area contributed by atoms with Crippen LogP contribution in [0.25, 0.3) is 11.1 Å². The lowest BCUT2D eigenvalue weighted by Gasteiger charge is -2.35. The number of hydrogen-bond acceptors (Lipinski definition) is 5. The van der Waals surface area contributed by atoms with E-state index in [2.05, 4.69) is 22.8 Å². The molecule has 2 amide bonds. The van der Waals surface area contributed by atoms with Crippen molar-refractivity contribution in [2.24, 2.45) is 5.92 Å². The highest BCUT2D eigenvalue weighted by molar-refractivity contribution is 5.86. The highest BCUT2D eigenvalue weighted by atomic mass is 16.5. The number of alkyl carbamates (subject to hydrolysis) is 1. The molecule has 0 aromatic heterocycles. The monoisotopic (exact) mass is 452 g/mol. The molecule has 0 saturated heterocycles. The molecule has 33 heavy (non-hydrogen) atoms. The third kappa shape index (κ3) is 5.17. The van der Waals surface area contributed by atoms with E-state index in [-0.39, 0.29) is 43.4 Å². The first-order valence-corrected chi connectivity index (χ1v) is 11.1. The zero-order valence-electron chi connectivity index (χ0n) is 18.5. The zero-order valence-corrected chi connectivity index (χ0v) is 18.5. The molecule has 174 valence electrons. The first-order chi connectivity index (χ1) is 16.0. The van der Waals surface area contributed by atoms with Crippen molar-refractivity contribution in [1.29, 1.82) is 0 Å². The predicted octanol–water partition coefficient (Wildman–Crippen LogP) is 2.91. The Morgan fingerprint density at radius 2 is 1.64 bits per heavy atom. The van der Waals surface area contributed by atoms with Crippen LogP contribution in [-0.4, -0.2) is 55.5 Å². The van der Waals surface area contributed by atoms with E-state index >= 15 is 0 Å². The molecule has 1 atom stereocenters. The third-order valence-electron chi connectivity index (χ3n) is 6.33. The number of aliphatic carboxylic acids is 1. The summed E-state index contributed by atoms with van der Waals surface area (Å²) in [5, 5.41) is 14.3. The molecular weight excluding hydrogens is 424 g/mol. The van der Waals surface area contributed by atoms with Gasteiger partial charge in [0, 0.05) is 25.5 Å². The van der Waals surface area contributed by atoms with Crippen LogP contribution >= 0.6 is 0 Å². The Morgan fingerprint density at radius 3 is 2.21 bits per heavy atom. The topological polar surface area (TPSA) is 114 Å². The average Bonchev–Trinajstić information content (AvgIpc) is 3.09. The number of nitrogens with one attached hydrogen (secondary N) is 2. The number of carbonyl (C=O) groups excluding carboxylic acids is 2. The lowest BCUT2D eigenvalue weighted by molar-refractivity contribution is -0.139. The van der Waals surface area contributed by atoms with Crippen LogP contribution in [0.15, 0.2) is 48.5 Å². The number of carboxylic acids is 1. The van der Waals surface area contributed by atoms with E-state index in [4.69, 9.17) is 14.6 Å². The Kier molecular flexibility index (Phi) is 6.93. The number of methoxy groups -OCH3 is 1. The van der Waals surface area contributed by atoms with E-state index in [1.54, 1.807) is 0 Å². The largest absolute Gasteiger partial charge is 0.481 e. The maximum atomic E-state index is 12.6. The molecule has 2 aliphatic rings. The van der Waals surface area contributed by atoms with Crippen molar-refractivity contribution in [3.05, 3.63) is 59.7 Å². The van der Waals surface area contributed by atoms with Gasteiger partial charge in [-0.1, -0.05) is 48.5 Å². The van der Waals surface area contributed by atoms with E-state index in [9.17, 15) is 14.4 Å². The Labute approximate surface area is 192 Å². The van der Waals surface area contributed by atoms with E-state index in [0.29, 0.717) is 12.8 Å². The molecule has 2 aliphatic carbocycles. The molecule has 8 nitrogen and oxygen atoms in total. The van der Waals surface area contributed by atoms with Gasteiger partial charge in [0.2, 0.25) is 5.91 Å². The fraction of sp³-hybridized carbons (Fsp3) is 0.400. The fourth-order valence-electron chi connectivity index (χ4n) is 4.70. The van der Waals surface area contributed by atoms with Crippen LogP contribution in [0.1, 0.15) is 36.3 Å². The fourth-order valence-corrected chi connectivity index (χ4v) is 4.70. The first-order valence-electron chi connectivity index (χ1n) is 11.1. The Hall–Kier alpha value is -3.39. The van der Waals surface area contributed by atoms with Crippen molar-refractivity contribution in [2.75, 3.05) is 20.3 Å². The van der Waals surface area contributed by atoms with Gasteiger partial charge >= 0.3 is 12.1 Å². The lowest BCUT2D eigenvalue weighted by atomic mass is 9.78. The minimum Gasteiger partial charge on any atom is -0.481 e. The maximum absolute atomic E-state index is 12.6. The summed E-state index contributed by atoms with van der Waals surface area (Å²) in [6.07, 6.45) is 0.642. The van der Waals surface area contributed by atoms with Crippen LogP contribution in [0.5, 0.6) is 0 Å². The molecule has 0 aliphatic heterocycles. The van der Waals surface area contributed by atoms with Crippen LogP contribution in [-0.2, 0) is 19.1 Å². The van der Waals surface area contributed by atoms with Gasteiger partial charge in [0.05, 0.1) is 6.61 Å². The summed E-state index contributed by atoms with van der Waals surface area (Å²) in [4.78, 5) is 35.9. The number of hydrogen-bond donors (Lipinski definition) is 3. The number of carbonyl (C=O) groups is 3. The Balaban J connectivity index is 1.32. The highest BCUT2D eigenvalue weighted by Gasteiger charge is 2.34. The molecule has 0 unspecified atom stereocenters. The molecule has 8 heteroatoms. The first kappa shape index (κ1) is 22.8. The minimum atomic E-state index is -0.899. The lowest BCUT2D eigenvalue weighted by Crippen LogP contribution is -2.54. The van der Waals surface area contributed by atoms with Crippen molar-refractivity contribution in [3.8, 4) is 11.1 Å². The second-order valence-electron chi connectivity index (χ2n) is 8.62. The standard InChI is InChI=1S/C25H28N2O6/c1-32-14-22(24(30)26-16-10-15(11-16)12-23(28)29)27-25(31)33-13-21-19-8-4-2-6-17(19)18-7-3-5-9-20(18)21/h2-9,15-16,21-22H,10-14H2,1H3,(H,26,30)(H,27,31)(H,28,29)/t15?,16?,22-/m0/s1. The average molecular weight is 453 g/mol. The van der Waals surface area contributed by atoms with Gasteiger partial charge in [0.25, 0.3) is 0 Å². The SMILES string of the molecule is COC[C@H](NC(=O)OCC1c2ccccc2-c2ccccc21)C(=O)NC1CC(CC(=O)O)C1. The molecule has 1 fully saturated rings. The number of ether oxygens (including phenoxy) is 2. The van der Waals surface area contributed by atoms with E-state index in [1.807, 2.05) is 36.4 Å². The minimum absolute atomic E-state index is 0.00129. The second-order valence-corrected chi connectivity index (χ2v) is 8.62. The van der Waals surface area contributed by atoms with Gasteiger partial charge in [0.1, 0.15) is 12.6 Å². The second kappa shape index (κ2) is 10.0. The van der Waals surface area contributed by atoms with Gasteiger partial charge in [0.15, 0.2) is 0 Å². The summed E-state index contributed by atoms with van der Waals surface area (Å²) < 4.78 is 10.6. The third-order valence-corrected chi connectivity index (χ3v) is 6.33. The molecule has 1 saturated carbocycles. The molecule has 0 spiro atoms. The van der Waals surface area contributed by atoms with Gasteiger partial charge < -0.3 is 25.2 Å². The summed E-state index contributed by atoms with van der Waals surface area (Å²) in [6, 6.07) is 15.1. The molecular formula is C25H28N2O6. The molecule has 3 N–H and O–H groups in total. The van der Waals surface area contributed by atoms with E-state index in [0.717, 1.165) is 22.3 Å². The van der Waals surface area contributed by atoms with Crippen LogP contribution < -0.4 is 10.6 Å². The van der Waals surface area contributed by atoms with E-state index < -0.39 is 18.1 Å². The molecule has 2 aromatic carbocycles. The highest BCUT2D eigenvalue weighted by Crippen LogP contribution is 2.44. The van der Waals surface area contributed by atoms with Crippen molar-refractivity contribution >= 4 is 18.0 Å². The summed E-state index contributed by atoms with van der Waals surface area (Å²) in [6.45, 7) is 0.155. The Bertz CT molecular complexity index is 988. The number of amides is 2.